The van der Waals surface area contributed by atoms with E-state index in [1.54, 1.807) is 84.0 Å². The Morgan fingerprint density at radius 3 is 1.30 bits per heavy atom. The van der Waals surface area contributed by atoms with Crippen molar-refractivity contribution in [3.8, 4) is 51.6 Å². The van der Waals surface area contributed by atoms with Crippen LogP contribution in [0.2, 0.25) is 0 Å². The number of fused-ring (bicyclic) bond motifs is 3. The number of piperidine rings is 1. The number of rotatable bonds is 7. The number of phenolic OH excluding ortho intramolecular Hbond substituents is 1. The summed E-state index contributed by atoms with van der Waals surface area (Å²) in [5.74, 6) is 5.69. The van der Waals surface area contributed by atoms with Gasteiger partial charge in [-0.05, 0) is 98.7 Å². The molecule has 366 valence electrons. The first-order valence-corrected chi connectivity index (χ1v) is 24.1. The van der Waals surface area contributed by atoms with Gasteiger partial charge in [0.15, 0.2) is 0 Å². The molecule has 1 saturated carbocycles. The summed E-state index contributed by atoms with van der Waals surface area (Å²) in [6, 6.07) is 22.4. The summed E-state index contributed by atoms with van der Waals surface area (Å²) in [5.41, 5.74) is 5.08. The quantitative estimate of drug-likeness (QED) is 0.120. The summed E-state index contributed by atoms with van der Waals surface area (Å²) in [4.78, 5) is 66.8. The predicted molar refractivity (Wildman–Crippen MR) is 256 cm³/mol. The molecule has 3 amide bonds. The number of hydrogen-bond acceptors (Lipinski definition) is 14. The predicted octanol–water partition coefficient (Wildman–Crippen LogP) is 7.77. The van der Waals surface area contributed by atoms with Gasteiger partial charge in [0.25, 0.3) is 0 Å². The third-order valence-electron chi connectivity index (χ3n) is 13.4. The van der Waals surface area contributed by atoms with Crippen LogP contribution < -0.4 is 9.47 Å². The van der Waals surface area contributed by atoms with E-state index in [0.29, 0.717) is 87.7 Å². The van der Waals surface area contributed by atoms with E-state index in [2.05, 4.69) is 19.9 Å². The highest BCUT2D eigenvalue weighted by atomic mass is 16.5. The number of esters is 1. The number of aromatic nitrogens is 3. The normalized spacial score (nSPS) is 18.4. The molecule has 0 radical (unpaired) electrons. The van der Waals surface area contributed by atoms with Crippen LogP contribution in [0.4, 0.5) is 0 Å². The van der Waals surface area contributed by atoms with Gasteiger partial charge in [-0.1, -0.05) is 6.42 Å². The number of benzene rings is 3. The van der Waals surface area contributed by atoms with Crippen LogP contribution in [-0.4, -0.2) is 108 Å². The van der Waals surface area contributed by atoms with Crippen LogP contribution >= 0.6 is 0 Å². The molecule has 2 fully saturated rings. The van der Waals surface area contributed by atoms with Crippen LogP contribution in [-0.2, 0) is 58.1 Å². The summed E-state index contributed by atoms with van der Waals surface area (Å²) in [6.07, 6.45) is 8.79. The maximum Gasteiger partial charge on any atom is 0.308 e. The first-order valence-electron chi connectivity index (χ1n) is 24.1. The van der Waals surface area contributed by atoms with Gasteiger partial charge < -0.3 is 47.4 Å². The number of oxazole rings is 3. The van der Waals surface area contributed by atoms with Gasteiger partial charge in [-0.25, -0.2) is 15.0 Å². The molecule has 3 aromatic carbocycles. The van der Waals surface area contributed by atoms with E-state index in [9.17, 15) is 24.3 Å². The van der Waals surface area contributed by atoms with Crippen LogP contribution in [0.5, 0.6) is 17.2 Å². The molecule has 7 heterocycles. The average Bonchev–Trinajstić information content (AvgIpc) is 4.10. The number of carbonyl (C=O) groups excluding carboxylic acids is 4. The van der Waals surface area contributed by atoms with Gasteiger partial charge in [-0.2, -0.15) is 0 Å². The van der Waals surface area contributed by atoms with Gasteiger partial charge in [0.05, 0.1) is 19.6 Å². The van der Waals surface area contributed by atoms with Crippen molar-refractivity contribution in [3.63, 3.8) is 0 Å². The molecular formula is C53H59N7O10. The summed E-state index contributed by atoms with van der Waals surface area (Å²) in [6.45, 7) is 12.1. The molecular weight excluding hydrogens is 895 g/mol. The molecule has 0 spiro atoms. The van der Waals surface area contributed by atoms with Crippen molar-refractivity contribution < 1.29 is 47.0 Å². The van der Waals surface area contributed by atoms with Gasteiger partial charge in [-0.15, -0.1) is 0 Å². The molecule has 0 atom stereocenters. The minimum absolute atomic E-state index is 0.0425. The maximum absolute atomic E-state index is 11.6. The molecule has 3 aromatic heterocycles. The Morgan fingerprint density at radius 1 is 0.529 bits per heavy atom. The Balaban J connectivity index is 0.000000134. The lowest BCUT2D eigenvalue weighted by atomic mass is 9.86. The number of likely N-dealkylation sites (tertiary alicyclic amines) is 1. The van der Waals surface area contributed by atoms with Crippen molar-refractivity contribution in [2.24, 2.45) is 0 Å². The number of nitrogens with zero attached hydrogens (tertiary/aromatic N) is 7. The van der Waals surface area contributed by atoms with E-state index in [1.807, 2.05) is 24.3 Å². The average molecular weight is 954 g/mol. The second-order valence-corrected chi connectivity index (χ2v) is 18.4. The zero-order chi connectivity index (χ0) is 48.9. The fourth-order valence-electron chi connectivity index (χ4n) is 9.29. The lowest BCUT2D eigenvalue weighted by Gasteiger charge is -2.44. The largest absolute Gasteiger partial charge is 0.508 e. The molecule has 6 aromatic rings. The monoisotopic (exact) mass is 953 g/mol. The second kappa shape index (κ2) is 21.2. The third kappa shape index (κ3) is 11.4. The first-order chi connectivity index (χ1) is 33.8. The zero-order valence-corrected chi connectivity index (χ0v) is 40.1. The highest BCUT2D eigenvalue weighted by Gasteiger charge is 2.36. The van der Waals surface area contributed by atoms with Crippen molar-refractivity contribution in [1.29, 1.82) is 0 Å². The van der Waals surface area contributed by atoms with Crippen LogP contribution in [0.3, 0.4) is 0 Å². The van der Waals surface area contributed by atoms with Gasteiger partial charge >= 0.3 is 5.97 Å². The Kier molecular flexibility index (Phi) is 14.4. The smallest absolute Gasteiger partial charge is 0.308 e. The van der Waals surface area contributed by atoms with E-state index in [4.69, 9.17) is 22.7 Å². The van der Waals surface area contributed by atoms with E-state index < -0.39 is 0 Å². The molecule has 17 nitrogen and oxygen atoms in total. The van der Waals surface area contributed by atoms with Crippen molar-refractivity contribution in [1.82, 2.24) is 34.6 Å². The SMILES string of the molecule is CC(=O)N1CCc2oc(-c3ccc(O)cc3)nc2C1.CC(=O)N1CCc2oc(-c3ccc(OC4CC(N5CCCCC5)C4)cc3)nc2C1.CC(=O)Oc1ccc(-c2nc3c(o2)CCN(C(C)=O)C3)cc1. The molecule has 1 saturated heterocycles. The molecule has 4 aliphatic heterocycles. The van der Waals surface area contributed by atoms with Crippen molar-refractivity contribution in [3.05, 3.63) is 107 Å². The zero-order valence-electron chi connectivity index (χ0n) is 40.1. The molecule has 0 bridgehead atoms. The standard InChI is InChI=1S/C23H29N3O3.C16H16N2O4.C14H14N2O3/c1-16(27)26-12-9-22-21(15-26)24-23(29-22)17-5-7-19(8-6-17)28-20-13-18(14-20)25-10-3-2-4-11-25;1-10(19)18-8-7-15-14(9-18)17-16(22-15)12-3-5-13(6-4-12)21-11(2)20;1-9(17)16-7-6-13-12(8-16)15-14(19-13)10-2-4-11(18)5-3-10/h5-8,18,20H,2-4,9-15H2,1H3;3-6H,7-9H2,1-2H3;2-5,18H,6-8H2,1H3. The Labute approximate surface area is 406 Å². The molecule has 17 heteroatoms. The highest BCUT2D eigenvalue weighted by Crippen LogP contribution is 2.34. The van der Waals surface area contributed by atoms with Gasteiger partial charge in [0, 0.05) is 102 Å². The minimum atomic E-state index is -0.358. The summed E-state index contributed by atoms with van der Waals surface area (Å²) < 4.78 is 28.6. The van der Waals surface area contributed by atoms with Crippen LogP contribution in [0.25, 0.3) is 34.4 Å². The van der Waals surface area contributed by atoms with E-state index in [-0.39, 0.29) is 29.4 Å². The van der Waals surface area contributed by atoms with E-state index in [0.717, 1.165) is 76.1 Å². The van der Waals surface area contributed by atoms with E-state index >= 15 is 0 Å². The summed E-state index contributed by atoms with van der Waals surface area (Å²) in [5, 5.41) is 9.27. The van der Waals surface area contributed by atoms with Gasteiger partial charge in [0.2, 0.25) is 35.4 Å². The lowest BCUT2D eigenvalue weighted by Crippen LogP contribution is -2.50. The van der Waals surface area contributed by atoms with Gasteiger partial charge in [0.1, 0.15) is 57.7 Å². The summed E-state index contributed by atoms with van der Waals surface area (Å²) >= 11 is 0. The number of amides is 3. The van der Waals surface area contributed by atoms with Crippen LogP contribution in [0.1, 0.15) is 94.2 Å². The number of hydrogen-bond donors (Lipinski definition) is 1. The highest BCUT2D eigenvalue weighted by molar-refractivity contribution is 5.74. The third-order valence-corrected chi connectivity index (χ3v) is 13.4. The second-order valence-electron chi connectivity index (χ2n) is 18.4. The first kappa shape index (κ1) is 47.8. The topological polar surface area (TPSA) is 198 Å². The summed E-state index contributed by atoms with van der Waals surface area (Å²) in [7, 11) is 0. The Morgan fingerprint density at radius 2 is 0.914 bits per heavy atom. The molecule has 5 aliphatic rings. The lowest BCUT2D eigenvalue weighted by molar-refractivity contribution is -0.132. The molecule has 1 N–H and O–H groups in total. The Hall–Kier alpha value is -7.27. The van der Waals surface area contributed by atoms with Crippen LogP contribution in [0.15, 0.2) is 86.0 Å². The fourth-order valence-corrected chi connectivity index (χ4v) is 9.29. The van der Waals surface area contributed by atoms with Crippen molar-refractivity contribution >= 4 is 23.7 Å². The number of ether oxygens (including phenoxy) is 2. The molecule has 70 heavy (non-hydrogen) atoms. The molecule has 11 rings (SSSR count). The fraction of sp³-hybridized carbons (Fsp3) is 0.415. The Bertz CT molecular complexity index is 2800. The maximum atomic E-state index is 11.6. The minimum Gasteiger partial charge on any atom is -0.508 e. The number of carbonyl (C=O) groups is 4. The van der Waals surface area contributed by atoms with Crippen LogP contribution in [0, 0.1) is 0 Å². The molecule has 0 unspecified atom stereocenters. The van der Waals surface area contributed by atoms with Crippen molar-refractivity contribution in [2.75, 3.05) is 32.7 Å². The van der Waals surface area contributed by atoms with E-state index in [1.165, 1.54) is 39.3 Å². The number of aromatic hydroxyl groups is 1. The number of phenols is 1. The molecule has 1 aliphatic carbocycles. The van der Waals surface area contributed by atoms with Gasteiger partial charge in [-0.3, -0.25) is 19.2 Å². The van der Waals surface area contributed by atoms with Crippen molar-refractivity contribution in [2.45, 2.75) is 111 Å².